The van der Waals surface area contributed by atoms with Crippen LogP contribution in [0.25, 0.3) is 11.3 Å². The first kappa shape index (κ1) is 12.8. The standard InChI is InChI=1S/C13H15NO4/c15-8-10(13(16)17)6-11-7-12(18-14-11)9-4-2-1-3-5-9/h1-5,7,10,13,15-17H,6,8H2/t10-/m0/s1. The van der Waals surface area contributed by atoms with Gasteiger partial charge in [0, 0.05) is 24.0 Å². The molecule has 5 heteroatoms. The molecule has 0 aliphatic carbocycles. The van der Waals surface area contributed by atoms with Crippen molar-refractivity contribution in [2.45, 2.75) is 12.7 Å². The number of aromatic nitrogens is 1. The highest BCUT2D eigenvalue weighted by Gasteiger charge is 2.18. The Labute approximate surface area is 104 Å². The average Bonchev–Trinajstić information content (AvgIpc) is 2.85. The Balaban J connectivity index is 2.11. The molecule has 0 saturated carbocycles. The van der Waals surface area contributed by atoms with E-state index in [9.17, 15) is 0 Å². The maximum absolute atomic E-state index is 9.03. The van der Waals surface area contributed by atoms with Crippen molar-refractivity contribution in [3.05, 3.63) is 42.1 Å². The molecule has 5 nitrogen and oxygen atoms in total. The summed E-state index contributed by atoms with van der Waals surface area (Å²) in [7, 11) is 0. The van der Waals surface area contributed by atoms with Gasteiger partial charge in [0.2, 0.25) is 0 Å². The van der Waals surface area contributed by atoms with E-state index in [4.69, 9.17) is 19.8 Å². The van der Waals surface area contributed by atoms with E-state index >= 15 is 0 Å². The molecule has 1 aromatic carbocycles. The summed E-state index contributed by atoms with van der Waals surface area (Å²) >= 11 is 0. The SMILES string of the molecule is OC[C@H](Cc1cc(-c2ccccc2)on1)C(O)O. The minimum absolute atomic E-state index is 0.254. The maximum atomic E-state index is 9.03. The summed E-state index contributed by atoms with van der Waals surface area (Å²) in [6.45, 7) is -0.314. The van der Waals surface area contributed by atoms with E-state index in [1.165, 1.54) is 0 Å². The molecule has 2 aromatic rings. The first-order valence-corrected chi connectivity index (χ1v) is 5.68. The zero-order chi connectivity index (χ0) is 13.0. The Morgan fingerprint density at radius 2 is 1.89 bits per heavy atom. The molecule has 96 valence electrons. The van der Waals surface area contributed by atoms with E-state index in [0.717, 1.165) is 5.56 Å². The van der Waals surface area contributed by atoms with Crippen molar-refractivity contribution in [2.24, 2.45) is 5.92 Å². The number of nitrogens with zero attached hydrogens (tertiary/aromatic N) is 1. The Morgan fingerprint density at radius 3 is 2.50 bits per heavy atom. The van der Waals surface area contributed by atoms with Crippen LogP contribution in [0.15, 0.2) is 40.9 Å². The predicted molar refractivity (Wildman–Crippen MR) is 64.4 cm³/mol. The predicted octanol–water partition coefficient (Wildman–Crippen LogP) is 0.803. The Kier molecular flexibility index (Phi) is 4.09. The van der Waals surface area contributed by atoms with Crippen LogP contribution < -0.4 is 0 Å². The fraction of sp³-hybridized carbons (Fsp3) is 0.308. The van der Waals surface area contributed by atoms with Crippen LogP contribution in [0, 0.1) is 5.92 Å². The first-order chi connectivity index (χ1) is 8.70. The highest BCUT2D eigenvalue weighted by molar-refractivity contribution is 5.56. The molecule has 0 spiro atoms. The fourth-order valence-corrected chi connectivity index (χ4v) is 1.68. The van der Waals surface area contributed by atoms with E-state index in [1.54, 1.807) is 6.07 Å². The van der Waals surface area contributed by atoms with Crippen molar-refractivity contribution in [2.75, 3.05) is 6.61 Å². The average molecular weight is 249 g/mol. The van der Waals surface area contributed by atoms with Gasteiger partial charge in [0.15, 0.2) is 12.1 Å². The van der Waals surface area contributed by atoms with Crippen molar-refractivity contribution in [1.82, 2.24) is 5.16 Å². The smallest absolute Gasteiger partial charge is 0.167 e. The summed E-state index contributed by atoms with van der Waals surface area (Å²) in [6.07, 6.45) is -1.31. The molecule has 0 radical (unpaired) electrons. The van der Waals surface area contributed by atoms with Crippen LogP contribution in [-0.2, 0) is 6.42 Å². The number of hydrogen-bond acceptors (Lipinski definition) is 5. The van der Waals surface area contributed by atoms with Crippen molar-refractivity contribution in [3.8, 4) is 11.3 Å². The van der Waals surface area contributed by atoms with Crippen LogP contribution in [-0.4, -0.2) is 33.4 Å². The largest absolute Gasteiger partial charge is 0.396 e. The van der Waals surface area contributed by atoms with Crippen molar-refractivity contribution in [3.63, 3.8) is 0 Å². The molecule has 0 amide bonds. The molecule has 3 N–H and O–H groups in total. The number of aliphatic hydroxyl groups excluding tert-OH is 2. The molecule has 0 aliphatic rings. The van der Waals surface area contributed by atoms with Gasteiger partial charge in [0.1, 0.15) is 0 Å². The third-order valence-corrected chi connectivity index (χ3v) is 2.74. The summed E-state index contributed by atoms with van der Waals surface area (Å²) in [5.74, 6) is -0.0338. The highest BCUT2D eigenvalue weighted by atomic mass is 16.5. The molecule has 1 heterocycles. The molecule has 0 bridgehead atoms. The lowest BCUT2D eigenvalue weighted by molar-refractivity contribution is -0.0962. The van der Waals surface area contributed by atoms with Gasteiger partial charge in [-0.05, 0) is 0 Å². The Bertz CT molecular complexity index is 481. The highest BCUT2D eigenvalue weighted by Crippen LogP contribution is 2.21. The minimum Gasteiger partial charge on any atom is -0.396 e. The van der Waals surface area contributed by atoms with Crippen molar-refractivity contribution < 1.29 is 19.8 Å². The minimum atomic E-state index is -1.56. The first-order valence-electron chi connectivity index (χ1n) is 5.68. The summed E-state index contributed by atoms with van der Waals surface area (Å²) in [6, 6.07) is 11.2. The maximum Gasteiger partial charge on any atom is 0.167 e. The third-order valence-electron chi connectivity index (χ3n) is 2.74. The van der Waals surface area contributed by atoms with E-state index in [2.05, 4.69) is 5.16 Å². The summed E-state index contributed by atoms with van der Waals surface area (Å²) in [5.41, 5.74) is 1.49. The summed E-state index contributed by atoms with van der Waals surface area (Å²) < 4.78 is 5.18. The van der Waals surface area contributed by atoms with Gasteiger partial charge in [-0.1, -0.05) is 35.5 Å². The van der Waals surface area contributed by atoms with Gasteiger partial charge in [-0.25, -0.2) is 0 Å². The summed E-state index contributed by atoms with van der Waals surface area (Å²) in [5, 5.41) is 30.9. The number of benzene rings is 1. The molecule has 1 atom stereocenters. The van der Waals surface area contributed by atoms with E-state index < -0.39 is 12.2 Å². The van der Waals surface area contributed by atoms with Crippen molar-refractivity contribution >= 4 is 0 Å². The topological polar surface area (TPSA) is 86.7 Å². The van der Waals surface area contributed by atoms with Gasteiger partial charge < -0.3 is 19.8 Å². The fourth-order valence-electron chi connectivity index (χ4n) is 1.68. The molecular formula is C13H15NO4. The molecule has 1 aromatic heterocycles. The van der Waals surface area contributed by atoms with Crippen molar-refractivity contribution in [1.29, 1.82) is 0 Å². The van der Waals surface area contributed by atoms with Gasteiger partial charge in [0.05, 0.1) is 12.3 Å². The second-order valence-corrected chi connectivity index (χ2v) is 4.11. The van der Waals surface area contributed by atoms with Crippen LogP contribution in [0.3, 0.4) is 0 Å². The van der Waals surface area contributed by atoms with Crippen LogP contribution in [0.4, 0.5) is 0 Å². The van der Waals surface area contributed by atoms with Crippen LogP contribution in [0.2, 0.25) is 0 Å². The van der Waals surface area contributed by atoms with Gasteiger partial charge in [-0.2, -0.15) is 0 Å². The molecule has 2 rings (SSSR count). The monoisotopic (exact) mass is 249 g/mol. The quantitative estimate of drug-likeness (QED) is 0.682. The summed E-state index contributed by atoms with van der Waals surface area (Å²) in [4.78, 5) is 0. The lowest BCUT2D eigenvalue weighted by atomic mass is 10.0. The molecular weight excluding hydrogens is 234 g/mol. The molecule has 18 heavy (non-hydrogen) atoms. The Morgan fingerprint density at radius 1 is 1.17 bits per heavy atom. The zero-order valence-corrected chi connectivity index (χ0v) is 9.73. The number of hydrogen-bond donors (Lipinski definition) is 3. The molecule has 0 fully saturated rings. The van der Waals surface area contributed by atoms with Gasteiger partial charge in [-0.15, -0.1) is 0 Å². The van der Waals surface area contributed by atoms with Gasteiger partial charge in [-0.3, -0.25) is 0 Å². The zero-order valence-electron chi connectivity index (χ0n) is 9.73. The van der Waals surface area contributed by atoms with Crippen LogP contribution >= 0.6 is 0 Å². The van der Waals surface area contributed by atoms with Crippen LogP contribution in [0.5, 0.6) is 0 Å². The molecule has 0 unspecified atom stereocenters. The second-order valence-electron chi connectivity index (χ2n) is 4.11. The van der Waals surface area contributed by atoms with Gasteiger partial charge >= 0.3 is 0 Å². The second kappa shape index (κ2) is 5.77. The van der Waals surface area contributed by atoms with E-state index in [0.29, 0.717) is 11.5 Å². The normalized spacial score (nSPS) is 12.9. The van der Waals surface area contributed by atoms with E-state index in [1.807, 2.05) is 30.3 Å². The lowest BCUT2D eigenvalue weighted by Gasteiger charge is -2.13. The number of rotatable bonds is 5. The van der Waals surface area contributed by atoms with Gasteiger partial charge in [0.25, 0.3) is 0 Å². The van der Waals surface area contributed by atoms with Crippen LogP contribution in [0.1, 0.15) is 5.69 Å². The molecule has 0 saturated heterocycles. The van der Waals surface area contributed by atoms with E-state index in [-0.39, 0.29) is 13.0 Å². The number of aliphatic hydroxyl groups is 3. The Hall–Kier alpha value is -1.69. The lowest BCUT2D eigenvalue weighted by Crippen LogP contribution is -2.25. The molecule has 0 aliphatic heterocycles. The third kappa shape index (κ3) is 2.95.